The summed E-state index contributed by atoms with van der Waals surface area (Å²) in [7, 11) is 1.37. The van der Waals surface area contributed by atoms with Gasteiger partial charge in [-0.2, -0.15) is 0 Å². The lowest BCUT2D eigenvalue weighted by Crippen LogP contribution is -2.21. The second kappa shape index (κ2) is 2.19. The van der Waals surface area contributed by atoms with E-state index in [1.807, 2.05) is 0 Å². The molecule has 0 N–H and O–H groups in total. The first-order chi connectivity index (χ1) is 5.28. The van der Waals surface area contributed by atoms with Crippen LogP contribution in [0.25, 0.3) is 0 Å². The molecule has 0 aromatic rings. The molecule has 0 saturated carbocycles. The molecule has 0 aromatic heterocycles. The Bertz CT molecular complexity index is 183. The van der Waals surface area contributed by atoms with Gasteiger partial charge in [0.15, 0.2) is 6.10 Å². The summed E-state index contributed by atoms with van der Waals surface area (Å²) < 4.78 is 14.9. The highest BCUT2D eigenvalue weighted by Crippen LogP contribution is 2.43. The van der Waals surface area contributed by atoms with E-state index in [1.54, 1.807) is 0 Å². The Balaban J connectivity index is 1.97. The minimum Gasteiger partial charge on any atom is -0.467 e. The van der Waals surface area contributed by atoms with E-state index in [9.17, 15) is 4.79 Å². The smallest absolute Gasteiger partial charge is 0.338 e. The van der Waals surface area contributed by atoms with Crippen LogP contribution in [-0.2, 0) is 19.0 Å². The number of esters is 1. The van der Waals surface area contributed by atoms with Gasteiger partial charge in [-0.3, -0.25) is 0 Å². The highest BCUT2D eigenvalue weighted by atomic mass is 16.7. The number of carbonyl (C=O) groups excluding carboxylic acids is 1. The number of rotatable bonds is 1. The quantitative estimate of drug-likeness (QED) is 0.389. The molecule has 1 spiro atoms. The van der Waals surface area contributed by atoms with Crippen LogP contribution in [0, 0.1) is 0 Å². The van der Waals surface area contributed by atoms with Crippen LogP contribution < -0.4 is 0 Å². The van der Waals surface area contributed by atoms with Gasteiger partial charge in [0, 0.05) is 13.0 Å². The third-order valence-electron chi connectivity index (χ3n) is 2.20. The van der Waals surface area contributed by atoms with E-state index >= 15 is 0 Å². The summed E-state index contributed by atoms with van der Waals surface area (Å²) in [5.74, 6) is -0.282. The van der Waals surface area contributed by atoms with Gasteiger partial charge in [0.05, 0.1) is 13.7 Å². The summed E-state index contributed by atoms with van der Waals surface area (Å²) in [6.45, 7) is 1.22. The van der Waals surface area contributed by atoms with Crippen LogP contribution in [0.1, 0.15) is 6.42 Å². The SMILES string of the molecule is COC(=O)C1OC12CCOC2. The number of hydrogen-bond donors (Lipinski definition) is 0. The molecule has 62 valence electrons. The first-order valence-corrected chi connectivity index (χ1v) is 3.62. The standard InChI is InChI=1S/C7H10O4/c1-9-6(8)5-7(11-5)2-3-10-4-7/h5H,2-4H2,1H3. The van der Waals surface area contributed by atoms with Gasteiger partial charge >= 0.3 is 5.97 Å². The van der Waals surface area contributed by atoms with Crippen molar-refractivity contribution >= 4 is 5.97 Å². The maximum Gasteiger partial charge on any atom is 0.338 e. The van der Waals surface area contributed by atoms with Gasteiger partial charge in [-0.25, -0.2) is 4.79 Å². The molecule has 0 bridgehead atoms. The van der Waals surface area contributed by atoms with Gasteiger partial charge in [0.25, 0.3) is 0 Å². The Morgan fingerprint density at radius 3 is 3.09 bits per heavy atom. The molecule has 2 rings (SSSR count). The molecule has 0 aromatic carbocycles. The summed E-state index contributed by atoms with van der Waals surface area (Å²) >= 11 is 0. The van der Waals surface area contributed by atoms with E-state index in [0.29, 0.717) is 13.2 Å². The average Bonchev–Trinajstić information content (AvgIpc) is 2.48. The largest absolute Gasteiger partial charge is 0.467 e. The fraction of sp³-hybridized carbons (Fsp3) is 0.857. The Morgan fingerprint density at radius 1 is 1.73 bits per heavy atom. The van der Waals surface area contributed by atoms with E-state index in [1.165, 1.54) is 7.11 Å². The molecule has 0 aliphatic carbocycles. The van der Waals surface area contributed by atoms with Gasteiger partial charge in [-0.15, -0.1) is 0 Å². The fourth-order valence-electron chi connectivity index (χ4n) is 1.43. The third-order valence-corrected chi connectivity index (χ3v) is 2.20. The number of hydrogen-bond acceptors (Lipinski definition) is 4. The fourth-order valence-corrected chi connectivity index (χ4v) is 1.43. The Labute approximate surface area is 64.4 Å². The molecule has 2 saturated heterocycles. The first kappa shape index (κ1) is 7.06. The van der Waals surface area contributed by atoms with Crippen LogP contribution in [0.3, 0.4) is 0 Å². The molecule has 0 radical (unpaired) electrons. The molecule has 4 nitrogen and oxygen atoms in total. The predicted molar refractivity (Wildman–Crippen MR) is 35.1 cm³/mol. The van der Waals surface area contributed by atoms with Gasteiger partial charge in [0.2, 0.25) is 0 Å². The molecule has 2 aliphatic heterocycles. The second-order valence-corrected chi connectivity index (χ2v) is 2.89. The minimum absolute atomic E-state index is 0.282. The third kappa shape index (κ3) is 0.937. The Kier molecular flexibility index (Phi) is 1.40. The Hall–Kier alpha value is -0.610. The van der Waals surface area contributed by atoms with Crippen molar-refractivity contribution in [1.82, 2.24) is 0 Å². The molecular formula is C7H10O4. The lowest BCUT2D eigenvalue weighted by molar-refractivity contribution is -0.142. The number of ether oxygens (including phenoxy) is 3. The van der Waals surface area contributed by atoms with Gasteiger partial charge < -0.3 is 14.2 Å². The summed E-state index contributed by atoms with van der Waals surface area (Å²) in [4.78, 5) is 10.9. The van der Waals surface area contributed by atoms with Crippen LogP contribution in [-0.4, -0.2) is 38.0 Å². The van der Waals surface area contributed by atoms with Crippen LogP contribution >= 0.6 is 0 Å². The summed E-state index contributed by atoms with van der Waals surface area (Å²) in [5, 5.41) is 0. The predicted octanol–water partition coefficient (Wildman–Crippen LogP) is -0.283. The summed E-state index contributed by atoms with van der Waals surface area (Å²) in [6.07, 6.45) is 0.447. The molecule has 4 heteroatoms. The average molecular weight is 158 g/mol. The van der Waals surface area contributed by atoms with E-state index in [-0.39, 0.29) is 17.7 Å². The first-order valence-electron chi connectivity index (χ1n) is 3.62. The van der Waals surface area contributed by atoms with Crippen molar-refractivity contribution in [3.05, 3.63) is 0 Å². The molecule has 2 aliphatic rings. The van der Waals surface area contributed by atoms with Crippen LogP contribution in [0.15, 0.2) is 0 Å². The maximum absolute atomic E-state index is 10.9. The van der Waals surface area contributed by atoms with E-state index in [2.05, 4.69) is 4.74 Å². The molecular weight excluding hydrogens is 148 g/mol. The van der Waals surface area contributed by atoms with Gasteiger partial charge in [0.1, 0.15) is 5.60 Å². The molecule has 11 heavy (non-hydrogen) atoms. The molecule has 2 fully saturated rings. The van der Waals surface area contributed by atoms with E-state index < -0.39 is 0 Å². The highest BCUT2D eigenvalue weighted by Gasteiger charge is 2.63. The lowest BCUT2D eigenvalue weighted by Gasteiger charge is -1.97. The molecule has 2 heterocycles. The van der Waals surface area contributed by atoms with Crippen LogP contribution in [0.2, 0.25) is 0 Å². The van der Waals surface area contributed by atoms with Crippen molar-refractivity contribution in [3.63, 3.8) is 0 Å². The normalized spacial score (nSPS) is 41.0. The molecule has 0 amide bonds. The Morgan fingerprint density at radius 2 is 2.55 bits per heavy atom. The number of carbonyl (C=O) groups is 1. The molecule has 2 atom stereocenters. The van der Waals surface area contributed by atoms with Crippen LogP contribution in [0.4, 0.5) is 0 Å². The van der Waals surface area contributed by atoms with Gasteiger partial charge in [-0.05, 0) is 0 Å². The summed E-state index contributed by atoms with van der Waals surface area (Å²) in [6, 6.07) is 0. The maximum atomic E-state index is 10.9. The zero-order valence-corrected chi connectivity index (χ0v) is 6.33. The summed E-state index contributed by atoms with van der Waals surface area (Å²) in [5.41, 5.74) is -0.312. The van der Waals surface area contributed by atoms with Crippen molar-refractivity contribution in [2.45, 2.75) is 18.1 Å². The van der Waals surface area contributed by atoms with Crippen molar-refractivity contribution in [1.29, 1.82) is 0 Å². The van der Waals surface area contributed by atoms with Gasteiger partial charge in [-0.1, -0.05) is 0 Å². The van der Waals surface area contributed by atoms with Crippen molar-refractivity contribution < 1.29 is 19.0 Å². The number of epoxide rings is 1. The van der Waals surface area contributed by atoms with Crippen molar-refractivity contribution in [2.24, 2.45) is 0 Å². The van der Waals surface area contributed by atoms with Crippen molar-refractivity contribution in [2.75, 3.05) is 20.3 Å². The second-order valence-electron chi connectivity index (χ2n) is 2.89. The zero-order valence-electron chi connectivity index (χ0n) is 6.33. The minimum atomic E-state index is -0.366. The highest BCUT2D eigenvalue weighted by molar-refractivity contribution is 5.79. The topological polar surface area (TPSA) is 48.1 Å². The van der Waals surface area contributed by atoms with E-state index in [4.69, 9.17) is 9.47 Å². The number of methoxy groups -OCH3 is 1. The monoisotopic (exact) mass is 158 g/mol. The van der Waals surface area contributed by atoms with E-state index in [0.717, 1.165) is 6.42 Å². The zero-order chi connectivity index (χ0) is 7.90. The van der Waals surface area contributed by atoms with Crippen LogP contribution in [0.5, 0.6) is 0 Å². The van der Waals surface area contributed by atoms with Crippen molar-refractivity contribution in [3.8, 4) is 0 Å². The molecule has 2 unspecified atom stereocenters. The lowest BCUT2D eigenvalue weighted by atomic mass is 10.1.